The van der Waals surface area contributed by atoms with E-state index in [1.54, 1.807) is 6.92 Å². The molecule has 0 spiro atoms. The molecule has 0 aromatic heterocycles. The van der Waals surface area contributed by atoms with E-state index in [2.05, 4.69) is 6.58 Å². The Hall–Kier alpha value is -0.160. The second-order valence-corrected chi connectivity index (χ2v) is 4.61. The maximum atomic E-state index is 12.3. The molecule has 13 heavy (non-hydrogen) atoms. The maximum absolute atomic E-state index is 12.3. The molecular weight excluding hydrogens is 201 g/mol. The number of alkyl halides is 3. The molecule has 2 atom stereocenters. The van der Waals surface area contributed by atoms with Crippen LogP contribution >= 0.6 is 11.8 Å². The second-order valence-electron chi connectivity index (χ2n) is 3.16. The van der Waals surface area contributed by atoms with Crippen LogP contribution in [-0.4, -0.2) is 27.9 Å². The molecule has 1 saturated heterocycles. The van der Waals surface area contributed by atoms with Crippen LogP contribution in [0.4, 0.5) is 13.2 Å². The van der Waals surface area contributed by atoms with Crippen molar-refractivity contribution in [1.29, 1.82) is 0 Å². The van der Waals surface area contributed by atoms with Crippen molar-refractivity contribution < 1.29 is 18.3 Å². The first kappa shape index (κ1) is 10.9. The highest BCUT2D eigenvalue weighted by Crippen LogP contribution is 2.45. The van der Waals surface area contributed by atoms with Crippen molar-refractivity contribution in [2.24, 2.45) is 0 Å². The highest BCUT2D eigenvalue weighted by atomic mass is 32.2. The Kier molecular flexibility index (Phi) is 2.69. The number of thioether (sulfide) groups is 1. The van der Waals surface area contributed by atoms with Gasteiger partial charge < -0.3 is 5.11 Å². The molecule has 0 saturated carbocycles. The van der Waals surface area contributed by atoms with E-state index in [1.807, 2.05) is 0 Å². The Morgan fingerprint density at radius 1 is 1.62 bits per heavy atom. The van der Waals surface area contributed by atoms with Crippen LogP contribution in [0.1, 0.15) is 13.3 Å². The first-order chi connectivity index (χ1) is 5.78. The molecular formula is C8H11F3OS. The third kappa shape index (κ3) is 1.86. The van der Waals surface area contributed by atoms with Gasteiger partial charge in [-0.1, -0.05) is 13.5 Å². The molecule has 76 valence electrons. The smallest absolute Gasteiger partial charge is 0.384 e. The summed E-state index contributed by atoms with van der Waals surface area (Å²) in [6.45, 7) is 4.53. The largest absolute Gasteiger partial charge is 0.414 e. The van der Waals surface area contributed by atoms with Crippen molar-refractivity contribution in [3.05, 3.63) is 12.2 Å². The Balaban J connectivity index is 2.87. The Morgan fingerprint density at radius 3 is 2.46 bits per heavy atom. The second kappa shape index (κ2) is 3.20. The molecule has 2 unspecified atom stereocenters. The van der Waals surface area contributed by atoms with Gasteiger partial charge in [0, 0.05) is 5.25 Å². The van der Waals surface area contributed by atoms with Crippen LogP contribution in [0.3, 0.4) is 0 Å². The van der Waals surface area contributed by atoms with Gasteiger partial charge in [-0.2, -0.15) is 24.9 Å². The van der Waals surface area contributed by atoms with Crippen LogP contribution in [0.5, 0.6) is 0 Å². The monoisotopic (exact) mass is 212 g/mol. The first-order valence-electron chi connectivity index (χ1n) is 3.89. The third-order valence-corrected chi connectivity index (χ3v) is 3.72. The van der Waals surface area contributed by atoms with Crippen LogP contribution in [0.25, 0.3) is 0 Å². The van der Waals surface area contributed by atoms with Gasteiger partial charge in [0.25, 0.3) is 0 Å². The fourth-order valence-corrected chi connectivity index (χ4v) is 2.69. The van der Waals surface area contributed by atoms with E-state index in [4.69, 9.17) is 0 Å². The van der Waals surface area contributed by atoms with Crippen LogP contribution in [0.2, 0.25) is 0 Å². The molecule has 1 N–H and O–H groups in total. The molecule has 1 fully saturated rings. The molecule has 1 aliphatic rings. The molecule has 0 aromatic carbocycles. The van der Waals surface area contributed by atoms with E-state index in [9.17, 15) is 18.3 Å². The van der Waals surface area contributed by atoms with Gasteiger partial charge >= 0.3 is 6.18 Å². The van der Waals surface area contributed by atoms with Gasteiger partial charge in [0.05, 0.1) is 5.57 Å². The van der Waals surface area contributed by atoms with Gasteiger partial charge in [-0.25, -0.2) is 0 Å². The average Bonchev–Trinajstić information content (AvgIpc) is 2.30. The minimum atomic E-state index is -4.49. The third-order valence-electron chi connectivity index (χ3n) is 2.39. The van der Waals surface area contributed by atoms with Crippen molar-refractivity contribution in [2.75, 3.05) is 5.75 Å². The summed E-state index contributed by atoms with van der Waals surface area (Å²) in [6, 6.07) is 0. The van der Waals surface area contributed by atoms with Crippen LogP contribution in [0.15, 0.2) is 12.2 Å². The quantitative estimate of drug-likeness (QED) is 0.673. The van der Waals surface area contributed by atoms with Crippen molar-refractivity contribution in [3.63, 3.8) is 0 Å². The lowest BCUT2D eigenvalue weighted by atomic mass is 9.89. The molecule has 5 heteroatoms. The highest BCUT2D eigenvalue weighted by Gasteiger charge is 2.51. The molecule has 0 radical (unpaired) electrons. The van der Waals surface area contributed by atoms with E-state index in [1.165, 1.54) is 11.8 Å². The Bertz CT molecular complexity index is 226. The molecule has 1 aliphatic heterocycles. The van der Waals surface area contributed by atoms with Gasteiger partial charge in [-0.05, 0) is 12.2 Å². The Labute approximate surface area is 79.0 Å². The number of hydrogen-bond acceptors (Lipinski definition) is 2. The minimum Gasteiger partial charge on any atom is -0.384 e. The summed E-state index contributed by atoms with van der Waals surface area (Å²) < 4.78 is 36.8. The number of hydrogen-bond donors (Lipinski definition) is 1. The van der Waals surface area contributed by atoms with E-state index in [-0.39, 0.29) is 6.42 Å². The summed E-state index contributed by atoms with van der Waals surface area (Å²) in [6.07, 6.45) is -4.36. The van der Waals surface area contributed by atoms with Crippen molar-refractivity contribution in [3.8, 4) is 0 Å². The normalized spacial score (nSPS) is 35.0. The SMILES string of the molecule is C=C(C(F)(F)F)C1(O)CCSC1C. The lowest BCUT2D eigenvalue weighted by molar-refractivity contribution is -0.119. The van der Waals surface area contributed by atoms with E-state index < -0.39 is 22.6 Å². The van der Waals surface area contributed by atoms with Gasteiger partial charge in [0.15, 0.2) is 0 Å². The van der Waals surface area contributed by atoms with Crippen molar-refractivity contribution in [2.45, 2.75) is 30.4 Å². The zero-order chi connectivity index (χ0) is 10.3. The fraction of sp³-hybridized carbons (Fsp3) is 0.750. The zero-order valence-electron chi connectivity index (χ0n) is 7.19. The lowest BCUT2D eigenvalue weighted by Gasteiger charge is -2.30. The molecule has 1 rings (SSSR count). The molecule has 0 aromatic rings. The maximum Gasteiger partial charge on any atom is 0.414 e. The fourth-order valence-electron chi connectivity index (χ4n) is 1.37. The van der Waals surface area contributed by atoms with Crippen molar-refractivity contribution in [1.82, 2.24) is 0 Å². The van der Waals surface area contributed by atoms with Gasteiger partial charge in [0.2, 0.25) is 0 Å². The van der Waals surface area contributed by atoms with Crippen LogP contribution < -0.4 is 0 Å². The van der Waals surface area contributed by atoms with Crippen molar-refractivity contribution >= 4 is 11.8 Å². The lowest BCUT2D eigenvalue weighted by Crippen LogP contribution is -2.42. The molecule has 0 bridgehead atoms. The van der Waals surface area contributed by atoms with Crippen LogP contribution in [-0.2, 0) is 0 Å². The number of aliphatic hydroxyl groups is 1. The summed E-state index contributed by atoms with van der Waals surface area (Å²) in [5.41, 5.74) is -2.78. The summed E-state index contributed by atoms with van der Waals surface area (Å²) in [5.74, 6) is 0.548. The summed E-state index contributed by atoms with van der Waals surface area (Å²) in [7, 11) is 0. The zero-order valence-corrected chi connectivity index (χ0v) is 8.00. The van der Waals surface area contributed by atoms with E-state index in [0.717, 1.165) is 0 Å². The molecule has 1 nitrogen and oxygen atoms in total. The molecule has 0 amide bonds. The first-order valence-corrected chi connectivity index (χ1v) is 4.94. The Morgan fingerprint density at radius 2 is 2.15 bits per heavy atom. The molecule has 1 heterocycles. The summed E-state index contributed by atoms with van der Waals surface area (Å²) in [4.78, 5) is 0. The number of halogens is 3. The minimum absolute atomic E-state index is 0.136. The van der Waals surface area contributed by atoms with E-state index >= 15 is 0 Å². The standard InChI is InChI=1S/C8H11F3OS/c1-5(8(9,10)11)7(12)3-4-13-6(7)2/h6,12H,1,3-4H2,2H3. The van der Waals surface area contributed by atoms with E-state index in [0.29, 0.717) is 5.75 Å². The summed E-state index contributed by atoms with van der Waals surface area (Å²) in [5, 5.41) is 9.29. The highest BCUT2D eigenvalue weighted by molar-refractivity contribution is 8.00. The van der Waals surface area contributed by atoms with Crippen LogP contribution in [0, 0.1) is 0 Å². The number of rotatable bonds is 1. The predicted molar refractivity (Wildman–Crippen MR) is 46.7 cm³/mol. The average molecular weight is 212 g/mol. The predicted octanol–water partition coefficient (Wildman–Crippen LogP) is 2.36. The van der Waals surface area contributed by atoms with Gasteiger partial charge in [-0.15, -0.1) is 0 Å². The topological polar surface area (TPSA) is 20.2 Å². The van der Waals surface area contributed by atoms with Gasteiger partial charge in [0.1, 0.15) is 5.60 Å². The molecule has 0 aliphatic carbocycles. The van der Waals surface area contributed by atoms with Gasteiger partial charge in [-0.3, -0.25) is 0 Å². The summed E-state index contributed by atoms with van der Waals surface area (Å²) >= 11 is 1.34.